The zero-order valence-electron chi connectivity index (χ0n) is 16.4. The topological polar surface area (TPSA) is 99.0 Å². The van der Waals surface area contributed by atoms with Crippen LogP contribution in [0.2, 0.25) is 0 Å². The second-order valence-corrected chi connectivity index (χ2v) is 6.69. The van der Waals surface area contributed by atoms with E-state index in [1.54, 1.807) is 48.7 Å². The van der Waals surface area contributed by atoms with Gasteiger partial charge in [-0.3, -0.25) is 9.59 Å². The van der Waals surface area contributed by atoms with Crippen LogP contribution in [0.5, 0.6) is 11.6 Å². The van der Waals surface area contributed by atoms with E-state index in [-0.39, 0.29) is 36.9 Å². The quantitative estimate of drug-likeness (QED) is 0.495. The summed E-state index contributed by atoms with van der Waals surface area (Å²) in [7, 11) is 0. The van der Waals surface area contributed by atoms with E-state index in [1.807, 2.05) is 0 Å². The van der Waals surface area contributed by atoms with Crippen molar-refractivity contribution < 1.29 is 13.9 Å². The number of aromatic nitrogens is 4. The number of nitrogens with one attached hydrogen (secondary N) is 1. The smallest absolute Gasteiger partial charge is 0.277 e. The Morgan fingerprint density at radius 1 is 1.10 bits per heavy atom. The number of hydrogen-bond acceptors (Lipinski definition) is 6. The van der Waals surface area contributed by atoms with E-state index in [9.17, 15) is 14.0 Å². The fourth-order valence-corrected chi connectivity index (χ4v) is 2.95. The van der Waals surface area contributed by atoms with Gasteiger partial charge in [-0.25, -0.2) is 14.1 Å². The van der Waals surface area contributed by atoms with Gasteiger partial charge in [0.15, 0.2) is 0 Å². The Labute approximate surface area is 176 Å². The molecule has 9 heteroatoms. The van der Waals surface area contributed by atoms with Crippen LogP contribution in [0, 0.1) is 5.82 Å². The zero-order chi connectivity index (χ0) is 21.6. The number of aryl methyl sites for hydroxylation is 1. The fourth-order valence-electron chi connectivity index (χ4n) is 2.95. The van der Waals surface area contributed by atoms with Crippen molar-refractivity contribution >= 4 is 16.8 Å². The van der Waals surface area contributed by atoms with Crippen LogP contribution in [0.3, 0.4) is 0 Å². The minimum absolute atomic E-state index is 0.0489. The molecule has 0 saturated heterocycles. The van der Waals surface area contributed by atoms with Crippen molar-refractivity contribution in [1.82, 2.24) is 25.3 Å². The van der Waals surface area contributed by atoms with Crippen LogP contribution in [-0.4, -0.2) is 25.9 Å². The summed E-state index contributed by atoms with van der Waals surface area (Å²) >= 11 is 0. The number of amides is 1. The molecule has 0 aliphatic rings. The van der Waals surface area contributed by atoms with Gasteiger partial charge < -0.3 is 10.1 Å². The third kappa shape index (κ3) is 4.89. The minimum Gasteiger partial charge on any atom is -0.439 e. The molecular weight excluding hydrogens is 401 g/mol. The van der Waals surface area contributed by atoms with Gasteiger partial charge in [-0.2, -0.15) is 0 Å². The van der Waals surface area contributed by atoms with Crippen molar-refractivity contribution in [2.45, 2.75) is 19.5 Å². The van der Waals surface area contributed by atoms with E-state index < -0.39 is 5.82 Å². The SMILES string of the molecule is O=C(CCn1nnc2ccccc2c1=O)NCc1cccnc1Oc1cccc(F)c1. The molecule has 4 aromatic rings. The summed E-state index contributed by atoms with van der Waals surface area (Å²) in [5.74, 6) is -0.122. The number of halogens is 1. The highest BCUT2D eigenvalue weighted by Crippen LogP contribution is 2.23. The van der Waals surface area contributed by atoms with Crippen molar-refractivity contribution in [3.05, 3.63) is 88.6 Å². The van der Waals surface area contributed by atoms with Gasteiger partial charge in [0, 0.05) is 30.8 Å². The van der Waals surface area contributed by atoms with Crippen LogP contribution in [-0.2, 0) is 17.9 Å². The highest BCUT2D eigenvalue weighted by molar-refractivity contribution is 5.77. The Morgan fingerprint density at radius 2 is 1.97 bits per heavy atom. The molecule has 156 valence electrons. The highest BCUT2D eigenvalue weighted by Gasteiger charge is 2.10. The maximum absolute atomic E-state index is 13.4. The van der Waals surface area contributed by atoms with Crippen LogP contribution < -0.4 is 15.6 Å². The monoisotopic (exact) mass is 419 g/mol. The van der Waals surface area contributed by atoms with E-state index in [4.69, 9.17) is 4.74 Å². The van der Waals surface area contributed by atoms with Gasteiger partial charge in [0.2, 0.25) is 11.8 Å². The lowest BCUT2D eigenvalue weighted by Crippen LogP contribution is -2.29. The zero-order valence-corrected chi connectivity index (χ0v) is 16.4. The van der Waals surface area contributed by atoms with Crippen molar-refractivity contribution in [1.29, 1.82) is 0 Å². The summed E-state index contributed by atoms with van der Waals surface area (Å²) in [6.45, 7) is 0.262. The third-order valence-electron chi connectivity index (χ3n) is 4.52. The summed E-state index contributed by atoms with van der Waals surface area (Å²) in [6, 6.07) is 16.1. The number of fused-ring (bicyclic) bond motifs is 1. The van der Waals surface area contributed by atoms with Crippen molar-refractivity contribution in [3.63, 3.8) is 0 Å². The Bertz CT molecular complexity index is 1290. The Balaban J connectivity index is 1.37. The average Bonchev–Trinajstić information content (AvgIpc) is 2.78. The molecule has 0 radical (unpaired) electrons. The van der Waals surface area contributed by atoms with Gasteiger partial charge in [-0.1, -0.05) is 29.5 Å². The first kappa shape index (κ1) is 20.1. The molecule has 0 saturated carbocycles. The Kier molecular flexibility index (Phi) is 5.93. The van der Waals surface area contributed by atoms with Gasteiger partial charge in [0.25, 0.3) is 5.56 Å². The molecule has 31 heavy (non-hydrogen) atoms. The number of hydrogen-bond donors (Lipinski definition) is 1. The second kappa shape index (κ2) is 9.12. The molecule has 0 bridgehead atoms. The molecule has 2 aromatic carbocycles. The van der Waals surface area contributed by atoms with E-state index >= 15 is 0 Å². The van der Waals surface area contributed by atoms with Gasteiger partial charge in [-0.15, -0.1) is 5.10 Å². The molecular formula is C22H18FN5O3. The van der Waals surface area contributed by atoms with Crippen LogP contribution >= 0.6 is 0 Å². The fraction of sp³-hybridized carbons (Fsp3) is 0.136. The molecule has 2 aromatic heterocycles. The molecule has 0 unspecified atom stereocenters. The lowest BCUT2D eigenvalue weighted by molar-refractivity contribution is -0.121. The molecule has 0 fully saturated rings. The van der Waals surface area contributed by atoms with Crippen molar-refractivity contribution in [2.24, 2.45) is 0 Å². The van der Waals surface area contributed by atoms with E-state index in [2.05, 4.69) is 20.6 Å². The summed E-state index contributed by atoms with van der Waals surface area (Å²) in [4.78, 5) is 28.9. The van der Waals surface area contributed by atoms with Gasteiger partial charge in [0.05, 0.1) is 11.9 Å². The summed E-state index contributed by atoms with van der Waals surface area (Å²) in [5, 5.41) is 11.1. The molecule has 0 aliphatic heterocycles. The molecule has 1 amide bonds. The van der Waals surface area contributed by atoms with Crippen molar-refractivity contribution in [2.75, 3.05) is 0 Å². The molecule has 0 atom stereocenters. The number of carbonyl (C=O) groups excluding carboxylic acids is 1. The molecule has 0 aliphatic carbocycles. The number of benzene rings is 2. The standard InChI is InChI=1S/C22H18FN5O3/c23-16-6-3-7-17(13-16)31-21-15(5-4-11-24-21)14-25-20(29)10-12-28-22(30)18-8-1-2-9-19(18)26-27-28/h1-9,11,13H,10,12,14H2,(H,25,29). The lowest BCUT2D eigenvalue weighted by atomic mass is 10.2. The van der Waals surface area contributed by atoms with E-state index in [0.717, 1.165) is 0 Å². The van der Waals surface area contributed by atoms with Gasteiger partial charge in [-0.05, 0) is 30.3 Å². The molecule has 8 nitrogen and oxygen atoms in total. The maximum Gasteiger partial charge on any atom is 0.277 e. The predicted molar refractivity (Wildman–Crippen MR) is 111 cm³/mol. The van der Waals surface area contributed by atoms with Crippen molar-refractivity contribution in [3.8, 4) is 11.6 Å². The average molecular weight is 419 g/mol. The normalized spacial score (nSPS) is 10.7. The number of carbonyl (C=O) groups is 1. The van der Waals surface area contributed by atoms with Crippen LogP contribution in [0.4, 0.5) is 4.39 Å². The number of pyridine rings is 1. The Morgan fingerprint density at radius 3 is 2.84 bits per heavy atom. The van der Waals surface area contributed by atoms with Gasteiger partial charge in [0.1, 0.15) is 17.1 Å². The predicted octanol–water partition coefficient (Wildman–Crippen LogP) is 2.82. The summed E-state index contributed by atoms with van der Waals surface area (Å²) in [6.07, 6.45) is 1.60. The van der Waals surface area contributed by atoms with Crippen LogP contribution in [0.15, 0.2) is 71.7 Å². The highest BCUT2D eigenvalue weighted by atomic mass is 19.1. The molecule has 1 N–H and O–H groups in total. The maximum atomic E-state index is 13.4. The minimum atomic E-state index is -0.421. The molecule has 4 rings (SSSR count). The number of rotatable bonds is 7. The van der Waals surface area contributed by atoms with Crippen LogP contribution in [0.25, 0.3) is 10.9 Å². The lowest BCUT2D eigenvalue weighted by Gasteiger charge is -2.11. The first-order valence-electron chi connectivity index (χ1n) is 9.57. The van der Waals surface area contributed by atoms with Crippen LogP contribution in [0.1, 0.15) is 12.0 Å². The summed E-state index contributed by atoms with van der Waals surface area (Å²) in [5.41, 5.74) is 0.842. The summed E-state index contributed by atoms with van der Waals surface area (Å²) < 4.78 is 20.2. The number of ether oxygens (including phenoxy) is 1. The largest absolute Gasteiger partial charge is 0.439 e. The van der Waals surface area contributed by atoms with E-state index in [1.165, 1.54) is 22.9 Å². The number of nitrogens with zero attached hydrogens (tertiary/aromatic N) is 4. The first-order chi connectivity index (χ1) is 15.1. The molecule has 0 spiro atoms. The van der Waals surface area contributed by atoms with E-state index in [0.29, 0.717) is 22.2 Å². The Hall–Kier alpha value is -4.14. The third-order valence-corrected chi connectivity index (χ3v) is 4.52. The first-order valence-corrected chi connectivity index (χ1v) is 9.57. The molecule has 2 heterocycles. The second-order valence-electron chi connectivity index (χ2n) is 6.69. The van der Waals surface area contributed by atoms with Gasteiger partial charge >= 0.3 is 0 Å².